The highest BCUT2D eigenvalue weighted by molar-refractivity contribution is 5.66. The molecule has 1 rings (SSSR count). The van der Waals surface area contributed by atoms with Crippen molar-refractivity contribution >= 4 is 6.09 Å². The van der Waals surface area contributed by atoms with Crippen LogP contribution in [0, 0.1) is 0 Å². The number of rotatable bonds is 4. The summed E-state index contributed by atoms with van der Waals surface area (Å²) >= 11 is 0. The Balaban J connectivity index is 2.19. The number of hydrogen-bond donors (Lipinski definition) is 2. The van der Waals surface area contributed by atoms with Gasteiger partial charge >= 0.3 is 6.09 Å². The summed E-state index contributed by atoms with van der Waals surface area (Å²) in [5.74, 6) is 0. The number of carbonyl (C=O) groups excluding carboxylic acids is 1. The molecule has 0 radical (unpaired) electrons. The Labute approximate surface area is 83.2 Å². The summed E-state index contributed by atoms with van der Waals surface area (Å²) in [5.41, 5.74) is 6.28. The van der Waals surface area contributed by atoms with E-state index in [1.54, 1.807) is 6.92 Å². The van der Waals surface area contributed by atoms with E-state index in [9.17, 15) is 4.79 Å². The van der Waals surface area contributed by atoms with Crippen molar-refractivity contribution in [1.82, 2.24) is 10.9 Å². The second-order valence-electron chi connectivity index (χ2n) is 2.68. The van der Waals surface area contributed by atoms with Crippen LogP contribution in [-0.2, 0) is 11.3 Å². The van der Waals surface area contributed by atoms with Gasteiger partial charge in [0.25, 0.3) is 0 Å². The van der Waals surface area contributed by atoms with Crippen molar-refractivity contribution in [3.05, 3.63) is 35.9 Å². The highest BCUT2D eigenvalue weighted by Gasteiger charge is 1.97. The van der Waals surface area contributed by atoms with Crippen LogP contribution in [0.1, 0.15) is 12.5 Å². The quantitative estimate of drug-likeness (QED) is 0.713. The first kappa shape index (κ1) is 10.5. The van der Waals surface area contributed by atoms with Crippen molar-refractivity contribution in [3.8, 4) is 0 Å². The van der Waals surface area contributed by atoms with Gasteiger partial charge in [-0.3, -0.25) is 5.43 Å². The Hall–Kier alpha value is -1.55. The molecule has 0 aliphatic heterocycles. The Morgan fingerprint density at radius 2 is 2.07 bits per heavy atom. The Morgan fingerprint density at radius 3 is 2.71 bits per heavy atom. The molecule has 0 aliphatic carbocycles. The van der Waals surface area contributed by atoms with E-state index < -0.39 is 6.09 Å². The van der Waals surface area contributed by atoms with E-state index in [1.807, 2.05) is 30.3 Å². The van der Waals surface area contributed by atoms with Gasteiger partial charge in [0.15, 0.2) is 0 Å². The van der Waals surface area contributed by atoms with Crippen molar-refractivity contribution in [2.24, 2.45) is 0 Å². The average molecular weight is 194 g/mol. The maximum Gasteiger partial charge on any atom is 0.421 e. The monoisotopic (exact) mass is 194 g/mol. The van der Waals surface area contributed by atoms with Gasteiger partial charge in [-0.05, 0) is 12.5 Å². The molecule has 1 aromatic rings. The topological polar surface area (TPSA) is 50.4 Å². The maximum absolute atomic E-state index is 10.8. The molecule has 76 valence electrons. The van der Waals surface area contributed by atoms with Gasteiger partial charge in [-0.25, -0.2) is 10.2 Å². The van der Waals surface area contributed by atoms with Crippen molar-refractivity contribution < 1.29 is 9.53 Å². The van der Waals surface area contributed by atoms with Crippen molar-refractivity contribution in [2.75, 3.05) is 6.61 Å². The SMILES string of the molecule is CCOC(=O)NNCc1ccccc1. The number of ether oxygens (including phenoxy) is 1. The molecule has 1 aromatic carbocycles. The number of nitrogens with one attached hydrogen (secondary N) is 2. The van der Waals surface area contributed by atoms with Crippen LogP contribution in [0.25, 0.3) is 0 Å². The molecule has 0 atom stereocenters. The number of carbonyl (C=O) groups is 1. The van der Waals surface area contributed by atoms with Crippen LogP contribution < -0.4 is 10.9 Å². The first-order valence-corrected chi connectivity index (χ1v) is 4.52. The normalized spacial score (nSPS) is 9.50. The molecular formula is C10H14N2O2. The lowest BCUT2D eigenvalue weighted by Crippen LogP contribution is -2.37. The molecule has 4 heteroatoms. The molecule has 1 amide bonds. The van der Waals surface area contributed by atoms with Gasteiger partial charge in [0.1, 0.15) is 0 Å². The van der Waals surface area contributed by atoms with Crippen LogP contribution >= 0.6 is 0 Å². The maximum atomic E-state index is 10.8. The van der Waals surface area contributed by atoms with Crippen LogP contribution in [0.5, 0.6) is 0 Å². The highest BCUT2D eigenvalue weighted by Crippen LogP contribution is 1.95. The van der Waals surface area contributed by atoms with Gasteiger partial charge < -0.3 is 4.74 Å². The lowest BCUT2D eigenvalue weighted by atomic mass is 10.2. The predicted molar refractivity (Wildman–Crippen MR) is 53.4 cm³/mol. The third-order valence-corrected chi connectivity index (χ3v) is 1.60. The van der Waals surface area contributed by atoms with E-state index in [1.165, 1.54) is 0 Å². The minimum atomic E-state index is -0.455. The second-order valence-corrected chi connectivity index (χ2v) is 2.68. The third kappa shape index (κ3) is 3.91. The zero-order valence-corrected chi connectivity index (χ0v) is 8.12. The third-order valence-electron chi connectivity index (χ3n) is 1.60. The summed E-state index contributed by atoms with van der Waals surface area (Å²) in [6.45, 7) is 2.72. The smallest absolute Gasteiger partial charge is 0.421 e. The van der Waals surface area contributed by atoms with Crippen LogP contribution in [-0.4, -0.2) is 12.7 Å². The minimum absolute atomic E-state index is 0.374. The summed E-state index contributed by atoms with van der Waals surface area (Å²) in [6, 6.07) is 9.78. The summed E-state index contributed by atoms with van der Waals surface area (Å²) in [7, 11) is 0. The molecular weight excluding hydrogens is 180 g/mol. The molecule has 0 bridgehead atoms. The molecule has 0 fully saturated rings. The Bertz CT molecular complexity index is 275. The molecule has 0 saturated carbocycles. The van der Waals surface area contributed by atoms with E-state index in [4.69, 9.17) is 0 Å². The van der Waals surface area contributed by atoms with Crippen molar-refractivity contribution in [2.45, 2.75) is 13.5 Å². The first-order chi connectivity index (χ1) is 6.83. The lowest BCUT2D eigenvalue weighted by molar-refractivity contribution is 0.147. The largest absolute Gasteiger partial charge is 0.449 e. The first-order valence-electron chi connectivity index (χ1n) is 4.52. The van der Waals surface area contributed by atoms with E-state index in [-0.39, 0.29) is 0 Å². The van der Waals surface area contributed by atoms with Crippen LogP contribution in [0.2, 0.25) is 0 Å². The zero-order chi connectivity index (χ0) is 10.2. The van der Waals surface area contributed by atoms with E-state index in [0.29, 0.717) is 13.2 Å². The molecule has 2 N–H and O–H groups in total. The summed E-state index contributed by atoms with van der Waals surface area (Å²) in [4.78, 5) is 10.8. The fourth-order valence-corrected chi connectivity index (χ4v) is 0.981. The van der Waals surface area contributed by atoms with Crippen LogP contribution in [0.3, 0.4) is 0 Å². The van der Waals surface area contributed by atoms with Gasteiger partial charge in [0.2, 0.25) is 0 Å². The minimum Gasteiger partial charge on any atom is -0.449 e. The fraction of sp³-hybridized carbons (Fsp3) is 0.300. The van der Waals surface area contributed by atoms with Gasteiger partial charge in [-0.2, -0.15) is 0 Å². The molecule has 0 aromatic heterocycles. The number of hydrazine groups is 1. The fourth-order valence-electron chi connectivity index (χ4n) is 0.981. The average Bonchev–Trinajstić information content (AvgIpc) is 2.20. The number of amides is 1. The standard InChI is InChI=1S/C10H14N2O2/c1-2-14-10(13)12-11-8-9-6-4-3-5-7-9/h3-7,11H,2,8H2,1H3,(H,12,13). The van der Waals surface area contributed by atoms with Crippen molar-refractivity contribution in [3.63, 3.8) is 0 Å². The molecule has 0 heterocycles. The van der Waals surface area contributed by atoms with Gasteiger partial charge in [-0.15, -0.1) is 0 Å². The van der Waals surface area contributed by atoms with Gasteiger partial charge in [-0.1, -0.05) is 30.3 Å². The Kier molecular flexibility index (Phi) is 4.50. The van der Waals surface area contributed by atoms with Crippen molar-refractivity contribution in [1.29, 1.82) is 0 Å². The molecule has 0 unspecified atom stereocenters. The number of hydrogen-bond acceptors (Lipinski definition) is 3. The molecule has 0 spiro atoms. The lowest BCUT2D eigenvalue weighted by Gasteiger charge is -2.06. The predicted octanol–water partition coefficient (Wildman–Crippen LogP) is 1.44. The Morgan fingerprint density at radius 1 is 1.36 bits per heavy atom. The van der Waals surface area contributed by atoms with E-state index in [2.05, 4.69) is 15.6 Å². The number of benzene rings is 1. The van der Waals surface area contributed by atoms with Gasteiger partial charge in [0.05, 0.1) is 6.61 Å². The molecule has 4 nitrogen and oxygen atoms in total. The highest BCUT2D eigenvalue weighted by atomic mass is 16.5. The van der Waals surface area contributed by atoms with Gasteiger partial charge in [0, 0.05) is 6.54 Å². The molecule has 14 heavy (non-hydrogen) atoms. The van der Waals surface area contributed by atoms with Crippen LogP contribution in [0.4, 0.5) is 4.79 Å². The van der Waals surface area contributed by atoms with E-state index >= 15 is 0 Å². The summed E-state index contributed by atoms with van der Waals surface area (Å²) in [5, 5.41) is 0. The van der Waals surface area contributed by atoms with E-state index in [0.717, 1.165) is 5.56 Å². The zero-order valence-electron chi connectivity index (χ0n) is 8.12. The summed E-state index contributed by atoms with van der Waals surface area (Å²) in [6.07, 6.45) is -0.455. The molecule has 0 saturated heterocycles. The second kappa shape index (κ2) is 5.99. The molecule has 0 aliphatic rings. The summed E-state index contributed by atoms with van der Waals surface area (Å²) < 4.78 is 4.67. The van der Waals surface area contributed by atoms with Crippen LogP contribution in [0.15, 0.2) is 30.3 Å².